The molecule has 0 heterocycles. The summed E-state index contributed by atoms with van der Waals surface area (Å²) in [4.78, 5) is 0. The second-order valence-corrected chi connectivity index (χ2v) is 1.25. The lowest BCUT2D eigenvalue weighted by molar-refractivity contribution is 0.183. The van der Waals surface area contributed by atoms with E-state index >= 15 is 0 Å². The van der Waals surface area contributed by atoms with Crippen molar-refractivity contribution in [3.63, 3.8) is 0 Å². The Balaban J connectivity index is 3.17. The standard InChI is InChI=1S/C2H5ClN2O2/c3-2(5-7)1-4-6/h4,6-7H,1H2. The number of hydrogen-bond donors (Lipinski definition) is 3. The lowest BCUT2D eigenvalue weighted by atomic mass is 10.7. The van der Waals surface area contributed by atoms with E-state index in [1.807, 2.05) is 0 Å². The highest BCUT2D eigenvalue weighted by molar-refractivity contribution is 6.65. The molecule has 0 unspecified atom stereocenters. The first-order chi connectivity index (χ1) is 3.31. The van der Waals surface area contributed by atoms with E-state index in [4.69, 9.17) is 22.0 Å². The normalized spacial score (nSPS) is 12.0. The van der Waals surface area contributed by atoms with E-state index in [-0.39, 0.29) is 11.7 Å². The van der Waals surface area contributed by atoms with Crippen LogP contribution < -0.4 is 5.48 Å². The Morgan fingerprint density at radius 2 is 2.43 bits per heavy atom. The first-order valence-electron chi connectivity index (χ1n) is 1.54. The molecule has 0 radical (unpaired) electrons. The van der Waals surface area contributed by atoms with Crippen molar-refractivity contribution in [1.29, 1.82) is 0 Å². The molecule has 3 N–H and O–H groups in total. The third-order valence-electron chi connectivity index (χ3n) is 0.333. The van der Waals surface area contributed by atoms with Gasteiger partial charge in [0.1, 0.15) is 0 Å². The molecule has 0 aromatic carbocycles. The van der Waals surface area contributed by atoms with Gasteiger partial charge in [0.05, 0.1) is 6.54 Å². The Hall–Kier alpha value is -0.320. The van der Waals surface area contributed by atoms with E-state index in [2.05, 4.69) is 5.16 Å². The predicted molar refractivity (Wildman–Crippen MR) is 24.9 cm³/mol. The van der Waals surface area contributed by atoms with Gasteiger partial charge < -0.3 is 10.4 Å². The number of rotatable bonds is 2. The minimum atomic E-state index is -0.0810. The summed E-state index contributed by atoms with van der Waals surface area (Å²) in [5, 5.41) is 18.1. The van der Waals surface area contributed by atoms with Gasteiger partial charge in [-0.2, -0.15) is 5.48 Å². The van der Waals surface area contributed by atoms with E-state index in [9.17, 15) is 0 Å². The van der Waals surface area contributed by atoms with Crippen molar-refractivity contribution in [3.05, 3.63) is 0 Å². The summed E-state index contributed by atoms with van der Waals surface area (Å²) >= 11 is 5.04. The zero-order valence-electron chi connectivity index (χ0n) is 3.43. The summed E-state index contributed by atoms with van der Waals surface area (Å²) in [6.45, 7) is -0.0297. The molecular formula is C2H5ClN2O2. The van der Waals surface area contributed by atoms with E-state index in [1.54, 1.807) is 5.48 Å². The fourth-order valence-electron chi connectivity index (χ4n) is 0.101. The molecule has 7 heavy (non-hydrogen) atoms. The van der Waals surface area contributed by atoms with E-state index in [0.717, 1.165) is 0 Å². The molecule has 5 heteroatoms. The fraction of sp³-hybridized carbons (Fsp3) is 0.500. The van der Waals surface area contributed by atoms with Gasteiger partial charge in [0.25, 0.3) is 0 Å². The maximum atomic E-state index is 7.84. The summed E-state index contributed by atoms with van der Waals surface area (Å²) in [5.74, 6) is 0. The van der Waals surface area contributed by atoms with Gasteiger partial charge in [-0.15, -0.1) is 0 Å². The van der Waals surface area contributed by atoms with Gasteiger partial charge in [-0.3, -0.25) is 0 Å². The van der Waals surface area contributed by atoms with Crippen LogP contribution in [0.1, 0.15) is 0 Å². The molecule has 0 bridgehead atoms. The highest BCUT2D eigenvalue weighted by atomic mass is 35.5. The van der Waals surface area contributed by atoms with Crippen LogP contribution in [0.25, 0.3) is 0 Å². The molecule has 0 aromatic rings. The highest BCUT2D eigenvalue weighted by Crippen LogP contribution is 1.78. The van der Waals surface area contributed by atoms with Crippen LogP contribution in [-0.2, 0) is 0 Å². The van der Waals surface area contributed by atoms with Crippen molar-refractivity contribution in [3.8, 4) is 0 Å². The van der Waals surface area contributed by atoms with Gasteiger partial charge >= 0.3 is 0 Å². The van der Waals surface area contributed by atoms with Gasteiger partial charge in [-0.1, -0.05) is 16.8 Å². The van der Waals surface area contributed by atoms with Gasteiger partial charge in [0.2, 0.25) is 0 Å². The zero-order valence-corrected chi connectivity index (χ0v) is 4.18. The summed E-state index contributed by atoms with van der Waals surface area (Å²) in [6.07, 6.45) is 0. The second kappa shape index (κ2) is 3.86. The summed E-state index contributed by atoms with van der Waals surface area (Å²) in [7, 11) is 0. The molecule has 0 saturated carbocycles. The van der Waals surface area contributed by atoms with Crippen molar-refractivity contribution in [1.82, 2.24) is 5.48 Å². The molecule has 0 aliphatic rings. The number of hydroxylamine groups is 1. The third kappa shape index (κ3) is 3.51. The maximum Gasteiger partial charge on any atom is 0.161 e. The number of nitrogens with zero attached hydrogens (tertiary/aromatic N) is 1. The lowest BCUT2D eigenvalue weighted by Gasteiger charge is -1.87. The van der Waals surface area contributed by atoms with E-state index in [0.29, 0.717) is 0 Å². The van der Waals surface area contributed by atoms with Gasteiger partial charge in [0, 0.05) is 0 Å². The maximum absolute atomic E-state index is 7.84. The molecule has 4 nitrogen and oxygen atoms in total. The monoisotopic (exact) mass is 124 g/mol. The average molecular weight is 125 g/mol. The Bertz CT molecular complexity index is 74.1. The Morgan fingerprint density at radius 1 is 1.86 bits per heavy atom. The molecule has 42 valence electrons. The molecule has 0 aliphatic carbocycles. The molecular weight excluding hydrogens is 119 g/mol. The molecule has 0 aliphatic heterocycles. The highest BCUT2D eigenvalue weighted by Gasteiger charge is 1.87. The van der Waals surface area contributed by atoms with Crippen LogP contribution in [0.2, 0.25) is 0 Å². The molecule has 0 atom stereocenters. The first-order valence-corrected chi connectivity index (χ1v) is 1.92. The van der Waals surface area contributed by atoms with Crippen LogP contribution in [0.5, 0.6) is 0 Å². The van der Waals surface area contributed by atoms with Crippen LogP contribution in [0, 0.1) is 0 Å². The van der Waals surface area contributed by atoms with Gasteiger partial charge in [-0.25, -0.2) is 0 Å². The van der Waals surface area contributed by atoms with Crippen molar-refractivity contribution in [2.24, 2.45) is 5.16 Å². The summed E-state index contributed by atoms with van der Waals surface area (Å²) < 4.78 is 0. The zero-order chi connectivity index (χ0) is 5.70. The van der Waals surface area contributed by atoms with Crippen molar-refractivity contribution in [2.45, 2.75) is 0 Å². The van der Waals surface area contributed by atoms with Crippen LogP contribution >= 0.6 is 11.6 Å². The van der Waals surface area contributed by atoms with E-state index in [1.165, 1.54) is 0 Å². The number of nitrogens with one attached hydrogen (secondary N) is 1. The molecule has 0 fully saturated rings. The topological polar surface area (TPSA) is 64.9 Å². The lowest BCUT2D eigenvalue weighted by Crippen LogP contribution is -2.14. The molecule has 0 amide bonds. The number of oxime groups is 1. The minimum absolute atomic E-state index is 0.0297. The molecule has 0 rings (SSSR count). The first kappa shape index (κ1) is 6.68. The second-order valence-electron chi connectivity index (χ2n) is 0.811. The fourth-order valence-corrected chi connectivity index (χ4v) is 0.160. The van der Waals surface area contributed by atoms with Crippen LogP contribution in [0.3, 0.4) is 0 Å². The predicted octanol–water partition coefficient (Wildman–Crippen LogP) is -0.00830. The van der Waals surface area contributed by atoms with Crippen molar-refractivity contribution in [2.75, 3.05) is 6.54 Å². The van der Waals surface area contributed by atoms with E-state index < -0.39 is 0 Å². The van der Waals surface area contributed by atoms with Crippen molar-refractivity contribution < 1.29 is 10.4 Å². The molecule has 0 aromatic heterocycles. The molecule has 0 saturated heterocycles. The third-order valence-corrected chi connectivity index (χ3v) is 0.543. The summed E-state index contributed by atoms with van der Waals surface area (Å²) in [5.41, 5.74) is 1.70. The van der Waals surface area contributed by atoms with Gasteiger partial charge in [0.15, 0.2) is 5.17 Å². The number of hydrogen-bond acceptors (Lipinski definition) is 4. The van der Waals surface area contributed by atoms with Crippen LogP contribution in [-0.4, -0.2) is 22.1 Å². The van der Waals surface area contributed by atoms with Crippen LogP contribution in [0.4, 0.5) is 0 Å². The van der Waals surface area contributed by atoms with Gasteiger partial charge in [-0.05, 0) is 0 Å². The largest absolute Gasteiger partial charge is 0.410 e. The molecule has 0 spiro atoms. The Labute approximate surface area is 45.3 Å². The smallest absolute Gasteiger partial charge is 0.161 e. The van der Waals surface area contributed by atoms with Crippen LogP contribution in [0.15, 0.2) is 5.16 Å². The van der Waals surface area contributed by atoms with Crippen molar-refractivity contribution >= 4 is 16.8 Å². The Kier molecular flexibility index (Phi) is 3.68. The Morgan fingerprint density at radius 3 is 2.57 bits per heavy atom. The summed E-state index contributed by atoms with van der Waals surface area (Å²) in [6, 6.07) is 0. The average Bonchev–Trinajstić information content (AvgIpc) is 1.68. The number of halogens is 1. The minimum Gasteiger partial charge on any atom is -0.410 e. The quantitative estimate of drug-likeness (QED) is 0.276. The SMILES string of the molecule is ON=C(Cl)CNO.